The molecular formula is C30H42O7. The van der Waals surface area contributed by atoms with Crippen LogP contribution >= 0.6 is 0 Å². The maximum absolute atomic E-state index is 13.8. The van der Waals surface area contributed by atoms with Gasteiger partial charge in [-0.3, -0.25) is 14.4 Å². The van der Waals surface area contributed by atoms with E-state index in [0.29, 0.717) is 24.0 Å². The highest BCUT2D eigenvalue weighted by molar-refractivity contribution is 6.22. The SMILES string of the molecule is C/C=C(\C)C(OC(C)=O)C(C)C1=CC(=O)C2=C(OC3(C)CCC4OC(C(C)(C)O)CCC4(C)C3C2)C1=O. The fourth-order valence-electron chi connectivity index (χ4n) is 7.05. The van der Waals surface area contributed by atoms with Crippen molar-refractivity contribution in [2.45, 2.75) is 117 Å². The van der Waals surface area contributed by atoms with E-state index in [2.05, 4.69) is 13.8 Å². The van der Waals surface area contributed by atoms with Crippen molar-refractivity contribution in [3.63, 3.8) is 0 Å². The lowest BCUT2D eigenvalue weighted by atomic mass is 9.53. The molecule has 2 aliphatic heterocycles. The Balaban J connectivity index is 1.63. The number of rotatable bonds is 5. The summed E-state index contributed by atoms with van der Waals surface area (Å²) in [7, 11) is 0. The van der Waals surface area contributed by atoms with Crippen LogP contribution in [0, 0.1) is 17.3 Å². The Kier molecular flexibility index (Phi) is 7.13. The molecule has 37 heavy (non-hydrogen) atoms. The fraction of sp³-hybridized carbons (Fsp3) is 0.700. The minimum atomic E-state index is -0.917. The maximum atomic E-state index is 13.8. The van der Waals surface area contributed by atoms with Gasteiger partial charge in [0.25, 0.3) is 0 Å². The lowest BCUT2D eigenvalue weighted by molar-refractivity contribution is -0.245. The van der Waals surface area contributed by atoms with Crippen LogP contribution in [-0.4, -0.2) is 52.2 Å². The lowest BCUT2D eigenvalue weighted by Gasteiger charge is -2.60. The minimum absolute atomic E-state index is 0.00319. The molecular weight excluding hydrogens is 472 g/mol. The van der Waals surface area contributed by atoms with Gasteiger partial charge in [0, 0.05) is 35.3 Å². The molecule has 4 aliphatic rings. The van der Waals surface area contributed by atoms with Gasteiger partial charge in [-0.15, -0.1) is 0 Å². The third-order valence-corrected chi connectivity index (χ3v) is 9.45. The Labute approximate surface area is 220 Å². The zero-order chi connectivity index (χ0) is 27.5. The van der Waals surface area contributed by atoms with Crippen LogP contribution in [-0.2, 0) is 28.6 Å². The van der Waals surface area contributed by atoms with Crippen LogP contribution in [0.15, 0.2) is 34.6 Å². The number of ketones is 2. The summed E-state index contributed by atoms with van der Waals surface area (Å²) in [6.45, 7) is 14.7. The Bertz CT molecular complexity index is 1090. The number of ether oxygens (including phenoxy) is 3. The number of allylic oxidation sites excluding steroid dienone is 4. The monoisotopic (exact) mass is 514 g/mol. The van der Waals surface area contributed by atoms with Gasteiger partial charge < -0.3 is 19.3 Å². The van der Waals surface area contributed by atoms with Crippen molar-refractivity contribution < 1.29 is 33.7 Å². The molecule has 0 bridgehead atoms. The van der Waals surface area contributed by atoms with E-state index in [0.717, 1.165) is 24.8 Å². The third-order valence-electron chi connectivity index (χ3n) is 9.45. The summed E-state index contributed by atoms with van der Waals surface area (Å²) in [5, 5.41) is 10.5. The van der Waals surface area contributed by atoms with Gasteiger partial charge in [-0.25, -0.2) is 0 Å². The summed E-state index contributed by atoms with van der Waals surface area (Å²) in [5.41, 5.74) is -0.204. The number of Topliss-reactive ketones (excluding diaryl/α,β-unsaturated/α-hetero) is 1. The first-order valence-corrected chi connectivity index (χ1v) is 13.5. The smallest absolute Gasteiger partial charge is 0.303 e. The van der Waals surface area contributed by atoms with Crippen LogP contribution < -0.4 is 0 Å². The van der Waals surface area contributed by atoms with Crippen LogP contribution in [0.5, 0.6) is 0 Å². The molecule has 1 N–H and O–H groups in total. The van der Waals surface area contributed by atoms with Crippen molar-refractivity contribution in [3.8, 4) is 0 Å². The molecule has 7 nitrogen and oxygen atoms in total. The molecule has 0 amide bonds. The van der Waals surface area contributed by atoms with Gasteiger partial charge in [0.15, 0.2) is 11.5 Å². The molecule has 2 fully saturated rings. The van der Waals surface area contributed by atoms with E-state index in [1.165, 1.54) is 13.0 Å². The number of carbonyl (C=O) groups excluding carboxylic acids is 3. The Hall–Kier alpha value is -2.25. The molecule has 0 spiro atoms. The average Bonchev–Trinajstić information content (AvgIpc) is 2.81. The highest BCUT2D eigenvalue weighted by Gasteiger charge is 2.61. The number of aliphatic hydroxyl groups is 1. The van der Waals surface area contributed by atoms with E-state index in [9.17, 15) is 19.5 Å². The van der Waals surface area contributed by atoms with Gasteiger partial charge >= 0.3 is 5.97 Å². The zero-order valence-corrected chi connectivity index (χ0v) is 23.5. The van der Waals surface area contributed by atoms with Crippen molar-refractivity contribution >= 4 is 17.5 Å². The molecule has 204 valence electrons. The summed E-state index contributed by atoms with van der Waals surface area (Å²) in [6, 6.07) is 0. The van der Waals surface area contributed by atoms with E-state index in [4.69, 9.17) is 14.2 Å². The van der Waals surface area contributed by atoms with Crippen LogP contribution in [0.25, 0.3) is 0 Å². The van der Waals surface area contributed by atoms with Gasteiger partial charge in [0.1, 0.15) is 11.7 Å². The molecule has 7 unspecified atom stereocenters. The number of hydrogen-bond donors (Lipinski definition) is 1. The Morgan fingerprint density at radius 2 is 1.89 bits per heavy atom. The van der Waals surface area contributed by atoms with E-state index in [1.807, 2.05) is 19.9 Å². The normalized spacial score (nSPS) is 36.0. The minimum Gasteiger partial charge on any atom is -0.483 e. The largest absolute Gasteiger partial charge is 0.483 e. The summed E-state index contributed by atoms with van der Waals surface area (Å²) in [5.74, 6) is -1.29. The van der Waals surface area contributed by atoms with Crippen molar-refractivity contribution in [2.24, 2.45) is 17.3 Å². The second kappa shape index (κ2) is 9.49. The van der Waals surface area contributed by atoms with Crippen LogP contribution in [0.4, 0.5) is 0 Å². The van der Waals surface area contributed by atoms with Crippen LogP contribution in [0.3, 0.4) is 0 Å². The second-order valence-electron chi connectivity index (χ2n) is 12.5. The molecule has 0 aromatic carbocycles. The van der Waals surface area contributed by atoms with Crippen LogP contribution in [0.2, 0.25) is 0 Å². The Morgan fingerprint density at radius 1 is 1.22 bits per heavy atom. The van der Waals surface area contributed by atoms with Crippen molar-refractivity contribution in [2.75, 3.05) is 0 Å². The van der Waals surface area contributed by atoms with E-state index in [1.54, 1.807) is 20.8 Å². The summed E-state index contributed by atoms with van der Waals surface area (Å²) in [6.07, 6.45) is 5.84. The molecule has 1 saturated carbocycles. The Morgan fingerprint density at radius 3 is 2.49 bits per heavy atom. The fourth-order valence-corrected chi connectivity index (χ4v) is 7.05. The first kappa shape index (κ1) is 27.8. The topological polar surface area (TPSA) is 99.1 Å². The van der Waals surface area contributed by atoms with E-state index >= 15 is 0 Å². The molecule has 7 atom stereocenters. The van der Waals surface area contributed by atoms with Gasteiger partial charge in [-0.2, -0.15) is 0 Å². The second-order valence-corrected chi connectivity index (χ2v) is 12.5. The summed E-state index contributed by atoms with van der Waals surface area (Å²) >= 11 is 0. The predicted octanol–water partition coefficient (Wildman–Crippen LogP) is 4.77. The first-order chi connectivity index (χ1) is 17.1. The van der Waals surface area contributed by atoms with Crippen molar-refractivity contribution in [3.05, 3.63) is 34.6 Å². The molecule has 7 heteroatoms. The molecule has 0 radical (unpaired) electrons. The van der Waals surface area contributed by atoms with Crippen LogP contribution in [0.1, 0.15) is 87.5 Å². The van der Waals surface area contributed by atoms with E-state index < -0.39 is 29.2 Å². The highest BCUT2D eigenvalue weighted by Crippen LogP contribution is 2.59. The molecule has 1 saturated heterocycles. The molecule has 2 heterocycles. The molecule has 4 rings (SSSR count). The quantitative estimate of drug-likeness (QED) is 0.321. The summed E-state index contributed by atoms with van der Waals surface area (Å²) < 4.78 is 18.5. The van der Waals surface area contributed by atoms with Gasteiger partial charge in [0.05, 0.1) is 17.8 Å². The molecule has 0 aromatic heterocycles. The lowest BCUT2D eigenvalue weighted by Crippen LogP contribution is -2.62. The zero-order valence-electron chi connectivity index (χ0n) is 23.5. The van der Waals surface area contributed by atoms with Gasteiger partial charge in [0.2, 0.25) is 5.78 Å². The van der Waals surface area contributed by atoms with Gasteiger partial charge in [-0.05, 0) is 78.4 Å². The van der Waals surface area contributed by atoms with Gasteiger partial charge in [-0.1, -0.05) is 19.9 Å². The molecule has 0 aromatic rings. The highest BCUT2D eigenvalue weighted by atomic mass is 16.5. The van der Waals surface area contributed by atoms with Crippen molar-refractivity contribution in [1.82, 2.24) is 0 Å². The number of fused-ring (bicyclic) bond motifs is 3. The standard InChI is InChI=1S/C30H42O7/c1-9-16(2)26(35-18(4)31)17(3)19-14-21(32)20-15-22-29(7)12-10-23(28(5,6)34)36-24(29)11-13-30(22,8)37-27(20)25(19)33/h9,14,17,22-24,26,34H,10-13,15H2,1-8H3/b16-9+. The number of hydrogen-bond acceptors (Lipinski definition) is 7. The average molecular weight is 515 g/mol. The third kappa shape index (κ3) is 4.74. The summed E-state index contributed by atoms with van der Waals surface area (Å²) in [4.78, 5) is 39.0. The van der Waals surface area contributed by atoms with E-state index in [-0.39, 0.29) is 40.9 Å². The predicted molar refractivity (Wildman–Crippen MR) is 138 cm³/mol. The maximum Gasteiger partial charge on any atom is 0.303 e. The number of esters is 1. The molecule has 2 aliphatic carbocycles. The first-order valence-electron chi connectivity index (χ1n) is 13.5. The van der Waals surface area contributed by atoms with Crippen molar-refractivity contribution in [1.29, 1.82) is 0 Å². The number of carbonyl (C=O) groups is 3.